The second kappa shape index (κ2) is 11.7. The molecule has 6 nitrogen and oxygen atoms in total. The van der Waals surface area contributed by atoms with Gasteiger partial charge in [-0.3, -0.25) is 9.69 Å². The van der Waals surface area contributed by atoms with Crippen molar-refractivity contribution in [3.63, 3.8) is 0 Å². The molecule has 2 saturated carbocycles. The summed E-state index contributed by atoms with van der Waals surface area (Å²) in [5, 5.41) is 12.9. The zero-order chi connectivity index (χ0) is 32.3. The van der Waals surface area contributed by atoms with Crippen LogP contribution in [0.1, 0.15) is 73.6 Å². The highest BCUT2D eigenvalue weighted by atomic mass is 19.4. The molecule has 2 bridgehead atoms. The van der Waals surface area contributed by atoms with Crippen LogP contribution in [0.4, 0.5) is 13.2 Å². The van der Waals surface area contributed by atoms with Gasteiger partial charge >= 0.3 is 6.18 Å². The quantitative estimate of drug-likeness (QED) is 0.263. The zero-order valence-electron chi connectivity index (χ0n) is 26.4. The van der Waals surface area contributed by atoms with Crippen molar-refractivity contribution in [2.24, 2.45) is 5.92 Å². The van der Waals surface area contributed by atoms with Crippen LogP contribution in [0.25, 0.3) is 6.08 Å². The van der Waals surface area contributed by atoms with Gasteiger partial charge in [-0.25, -0.2) is 0 Å². The highest BCUT2D eigenvalue weighted by Crippen LogP contribution is 2.66. The van der Waals surface area contributed by atoms with E-state index in [1.165, 1.54) is 24.6 Å². The van der Waals surface area contributed by atoms with Crippen molar-refractivity contribution < 1.29 is 32.5 Å². The maximum Gasteiger partial charge on any atom is 0.416 e. The van der Waals surface area contributed by atoms with E-state index < -0.39 is 28.9 Å². The summed E-state index contributed by atoms with van der Waals surface area (Å²) in [4.78, 5) is 18.5. The Morgan fingerprint density at radius 2 is 1.98 bits per heavy atom. The highest BCUT2D eigenvalue weighted by Gasteiger charge is 2.73. The lowest BCUT2D eigenvalue weighted by molar-refractivity contribution is -0.199. The van der Waals surface area contributed by atoms with Gasteiger partial charge in [0, 0.05) is 30.8 Å². The van der Waals surface area contributed by atoms with Gasteiger partial charge in [0.15, 0.2) is 11.5 Å². The number of rotatable bonds is 8. The molecule has 2 aromatic carbocycles. The number of amides is 1. The molecule has 0 aromatic heterocycles. The van der Waals surface area contributed by atoms with Crippen molar-refractivity contribution in [1.82, 2.24) is 9.80 Å². The first kappa shape index (κ1) is 31.3. The number of carbonyl (C=O) groups excluding carboxylic acids is 1. The van der Waals surface area contributed by atoms with Crippen molar-refractivity contribution >= 4 is 12.0 Å². The molecule has 9 heteroatoms. The van der Waals surface area contributed by atoms with Gasteiger partial charge in [-0.05, 0) is 86.4 Å². The minimum absolute atomic E-state index is 0.110. The first-order chi connectivity index (χ1) is 22.1. The summed E-state index contributed by atoms with van der Waals surface area (Å²) in [7, 11) is 1.63. The van der Waals surface area contributed by atoms with E-state index in [1.807, 2.05) is 17.0 Å². The Labute approximate surface area is 268 Å². The van der Waals surface area contributed by atoms with Crippen LogP contribution in [-0.2, 0) is 22.8 Å². The number of alkyl halides is 3. The number of hydrogen-bond acceptors (Lipinski definition) is 5. The number of ether oxygens (including phenoxy) is 2. The number of piperidine rings is 1. The molecule has 1 spiro atoms. The Morgan fingerprint density at radius 1 is 1.17 bits per heavy atom. The van der Waals surface area contributed by atoms with Gasteiger partial charge in [0.25, 0.3) is 0 Å². The average Bonchev–Trinajstić information content (AvgIpc) is 3.40. The Hall–Kier alpha value is -3.30. The fraction of sp³-hybridized carbons (Fsp3) is 0.541. The standard InChI is InChI=1S/C37H43F3N2O4/c1-3-19-41-20-18-35-32-26-13-14-29(45-2)33(32)46-34(35)28(16-17-36(35,44)30(41)22-26)42(23-25-8-5-4-6-9-25)31(43)15-12-24-10-7-11-27(21-24)37(38,39)40/h3,7,10-15,21,25,28,30,34,44H,1,4-6,8-9,16-20,22-23H2,2H3/b15-12+/t28?,30-,34?,35+,36-/m1/s1. The summed E-state index contributed by atoms with van der Waals surface area (Å²) in [6.07, 6.45) is 7.78. The van der Waals surface area contributed by atoms with Crippen molar-refractivity contribution in [3.8, 4) is 11.5 Å². The lowest BCUT2D eigenvalue weighted by atomic mass is 9.48. The molecule has 246 valence electrons. The summed E-state index contributed by atoms with van der Waals surface area (Å²) < 4.78 is 52.9. The van der Waals surface area contributed by atoms with Crippen LogP contribution in [0.2, 0.25) is 0 Å². The summed E-state index contributed by atoms with van der Waals surface area (Å²) in [6, 6.07) is 8.65. The minimum Gasteiger partial charge on any atom is -0.493 e. The van der Waals surface area contributed by atoms with Gasteiger partial charge in [-0.15, -0.1) is 6.58 Å². The van der Waals surface area contributed by atoms with Gasteiger partial charge in [-0.1, -0.05) is 43.5 Å². The third-order valence-corrected chi connectivity index (χ3v) is 11.6. The summed E-state index contributed by atoms with van der Waals surface area (Å²) in [5.74, 6) is 1.40. The smallest absolute Gasteiger partial charge is 0.416 e. The lowest BCUT2D eigenvalue weighted by Gasteiger charge is -2.64. The van der Waals surface area contributed by atoms with Crippen LogP contribution in [-0.4, -0.2) is 71.3 Å². The second-order valence-electron chi connectivity index (χ2n) is 13.9. The topological polar surface area (TPSA) is 62.2 Å². The van der Waals surface area contributed by atoms with Crippen molar-refractivity contribution in [1.29, 1.82) is 0 Å². The zero-order valence-corrected chi connectivity index (χ0v) is 26.4. The normalized spacial score (nSPS) is 30.5. The van der Waals surface area contributed by atoms with Gasteiger partial charge in [-0.2, -0.15) is 13.2 Å². The molecular weight excluding hydrogens is 593 g/mol. The number of hydrogen-bond donors (Lipinski definition) is 1. The van der Waals surface area contributed by atoms with Crippen LogP contribution in [0.15, 0.2) is 55.1 Å². The maximum absolute atomic E-state index is 14.3. The monoisotopic (exact) mass is 636 g/mol. The Balaban J connectivity index is 1.28. The molecule has 46 heavy (non-hydrogen) atoms. The lowest BCUT2D eigenvalue weighted by Crippen LogP contribution is -2.78. The molecule has 1 saturated heterocycles. The van der Waals surface area contributed by atoms with Crippen LogP contribution in [0, 0.1) is 5.92 Å². The average molecular weight is 637 g/mol. The molecule has 2 unspecified atom stereocenters. The van der Waals surface area contributed by atoms with Crippen molar-refractivity contribution in [3.05, 3.63) is 77.4 Å². The summed E-state index contributed by atoms with van der Waals surface area (Å²) in [6.45, 7) is 5.98. The molecule has 1 amide bonds. The predicted octanol–water partition coefficient (Wildman–Crippen LogP) is 6.55. The van der Waals surface area contributed by atoms with Crippen molar-refractivity contribution in [2.75, 3.05) is 26.7 Å². The fourth-order valence-electron chi connectivity index (χ4n) is 9.58. The van der Waals surface area contributed by atoms with Crippen molar-refractivity contribution in [2.45, 2.75) is 93.2 Å². The van der Waals surface area contributed by atoms with E-state index in [0.717, 1.165) is 55.5 Å². The first-order valence-electron chi connectivity index (χ1n) is 16.7. The van der Waals surface area contributed by atoms with E-state index in [9.17, 15) is 23.1 Å². The number of aliphatic hydroxyl groups is 1. The second-order valence-corrected chi connectivity index (χ2v) is 13.9. The molecule has 7 rings (SSSR count). The van der Waals surface area contributed by atoms with Gasteiger partial charge < -0.3 is 19.5 Å². The Morgan fingerprint density at radius 3 is 2.72 bits per heavy atom. The third kappa shape index (κ3) is 4.88. The van der Waals surface area contributed by atoms with E-state index in [1.54, 1.807) is 13.2 Å². The number of halogens is 3. The van der Waals surface area contributed by atoms with Gasteiger partial charge in [0.05, 0.1) is 29.7 Å². The Kier molecular flexibility index (Phi) is 7.99. The van der Waals surface area contributed by atoms with E-state index >= 15 is 0 Å². The van der Waals surface area contributed by atoms with Gasteiger partial charge in [0.2, 0.25) is 5.91 Å². The highest BCUT2D eigenvalue weighted by molar-refractivity contribution is 5.92. The number of benzene rings is 2. The van der Waals surface area contributed by atoms with Crippen LogP contribution in [0.3, 0.4) is 0 Å². The summed E-state index contributed by atoms with van der Waals surface area (Å²) >= 11 is 0. The third-order valence-electron chi connectivity index (χ3n) is 11.6. The van der Waals surface area contributed by atoms with Crippen LogP contribution in [0.5, 0.6) is 11.5 Å². The van der Waals surface area contributed by atoms with Crippen LogP contribution >= 0.6 is 0 Å². The number of carbonyl (C=O) groups is 1. The molecule has 5 aliphatic rings. The van der Waals surface area contributed by atoms with E-state index in [4.69, 9.17) is 9.47 Å². The maximum atomic E-state index is 14.3. The molecule has 2 aromatic rings. The van der Waals surface area contributed by atoms with Gasteiger partial charge in [0.1, 0.15) is 6.10 Å². The molecule has 5 atom stereocenters. The molecule has 3 aliphatic carbocycles. The molecule has 3 fully saturated rings. The van der Waals surface area contributed by atoms with Crippen LogP contribution < -0.4 is 9.47 Å². The molecular formula is C37H43F3N2O4. The minimum atomic E-state index is -4.47. The number of likely N-dealkylation sites (tertiary alicyclic amines) is 1. The van der Waals surface area contributed by atoms with E-state index in [2.05, 4.69) is 17.5 Å². The number of nitrogens with zero attached hydrogens (tertiary/aromatic N) is 2. The first-order valence-corrected chi connectivity index (χ1v) is 16.7. The summed E-state index contributed by atoms with van der Waals surface area (Å²) in [5.41, 5.74) is -0.0246. The Bertz CT molecular complexity index is 1530. The molecule has 2 aliphatic heterocycles. The largest absolute Gasteiger partial charge is 0.493 e. The predicted molar refractivity (Wildman–Crippen MR) is 170 cm³/mol. The van der Waals surface area contributed by atoms with E-state index in [0.29, 0.717) is 61.8 Å². The fourth-order valence-corrected chi connectivity index (χ4v) is 9.58. The number of methoxy groups -OCH3 is 1. The molecule has 2 heterocycles. The SMILES string of the molecule is C=CCN1CC[C@]23c4c5ccc(OC)c4OC2C(N(CC2CCCCC2)C(=O)/C=C/c2cccc(C(F)(F)F)c2)CC[C@@]3(O)[C@H]1C5. The molecule has 1 N–H and O–H groups in total. The molecule has 0 radical (unpaired) electrons. The van der Waals surface area contributed by atoms with E-state index in [-0.39, 0.29) is 18.0 Å².